The molecule has 25 atom stereocenters. The number of carbonyl (C=O) groups excluding carboxylic acids is 5. The number of ether oxygens (including phenoxy) is 9. The van der Waals surface area contributed by atoms with Crippen LogP contribution in [-0.2, 0) is 66.6 Å². The standard InChI is InChI=1S/C62H97NO23/c1-31-16-12-11-13-17-32(2)43(78-8)28-39-21-19-37(7)62(77,86-39)56(73)57(74)63-23-15-14-18-40(63)58(75)81-44(34(4)26-38-20-22-41(65)45(27-38)79-9)29-42(66)33(3)25-36(6)53(54(80-10)47(67)35(5)24-31)83-61-52(72)50(70)55(59(76)85-61)84-60-51(71)49(69)48(68)46(30-64)82-60/h11-13,16-17,25,31,33-35,37-41,43-46,48-55,59-61,64-65,68-72,76-77H,14-15,18-24,26-30H2,1-10H3/b13-11+,16-12-,32-17+,36-25+/t31-,33-,34-,35-,37-,38?,39+,40?,41-,43+,44+,45-,46-,48-,49+,50-,51-,52-,53-,54+,55+,59+,60?,61?,62-/m1/s1. The van der Waals surface area contributed by atoms with Crippen molar-refractivity contribution in [2.45, 2.75) is 242 Å². The Morgan fingerprint density at radius 2 is 1.43 bits per heavy atom. The lowest BCUT2D eigenvalue weighted by Gasteiger charge is -2.45. The van der Waals surface area contributed by atoms with E-state index in [4.69, 9.17) is 42.6 Å². The van der Waals surface area contributed by atoms with E-state index in [0.29, 0.717) is 57.8 Å². The number of hydrogen-bond donors (Lipinski definition) is 9. The van der Waals surface area contributed by atoms with E-state index < -0.39 is 176 Å². The number of hydrogen-bond acceptors (Lipinski definition) is 23. The summed E-state index contributed by atoms with van der Waals surface area (Å²) in [6.07, 6.45) is -10.4. The summed E-state index contributed by atoms with van der Waals surface area (Å²) in [5.41, 5.74) is 1.01. The van der Waals surface area contributed by atoms with Crippen LogP contribution in [0.25, 0.3) is 0 Å². The maximum Gasteiger partial charge on any atom is 0.329 e. The molecule has 0 aromatic heterocycles. The number of esters is 1. The number of aliphatic hydroxyl groups excluding tert-OH is 8. The van der Waals surface area contributed by atoms with Crippen molar-refractivity contribution in [2.75, 3.05) is 34.5 Å². The van der Waals surface area contributed by atoms with Crippen molar-refractivity contribution in [3.05, 3.63) is 47.6 Å². The average Bonchev–Trinajstić information content (AvgIpc) is 1.50. The van der Waals surface area contributed by atoms with E-state index in [1.165, 1.54) is 27.4 Å². The van der Waals surface area contributed by atoms with Crippen LogP contribution >= 0.6 is 0 Å². The van der Waals surface area contributed by atoms with Gasteiger partial charge in [0.15, 0.2) is 24.7 Å². The Kier molecular flexibility index (Phi) is 26.8. The molecule has 1 amide bonds. The zero-order chi connectivity index (χ0) is 63.5. The summed E-state index contributed by atoms with van der Waals surface area (Å²) in [7, 11) is 4.32. The zero-order valence-corrected chi connectivity index (χ0v) is 51.4. The molecule has 6 aliphatic rings. The van der Waals surface area contributed by atoms with Crippen LogP contribution in [0, 0.1) is 35.5 Å². The number of ketones is 3. The predicted molar refractivity (Wildman–Crippen MR) is 306 cm³/mol. The average molecular weight is 1220 g/mol. The Bertz CT molecular complexity index is 2380. The van der Waals surface area contributed by atoms with Gasteiger partial charge in [0.1, 0.15) is 72.9 Å². The Balaban J connectivity index is 1.35. The van der Waals surface area contributed by atoms with Gasteiger partial charge in [-0.3, -0.25) is 19.2 Å². The molecule has 6 rings (SSSR count). The van der Waals surface area contributed by atoms with Crippen LogP contribution in [-0.4, -0.2) is 231 Å². The van der Waals surface area contributed by atoms with Crippen molar-refractivity contribution < 1.29 is 113 Å². The Morgan fingerprint density at radius 3 is 2.10 bits per heavy atom. The molecule has 0 radical (unpaired) electrons. The van der Waals surface area contributed by atoms with Gasteiger partial charge < -0.3 is 93.5 Å². The SMILES string of the molecule is CO[C@H]1C[C@@H]2CC[C@@H](C)[C@@](O)(O2)C(=O)C(=O)N2CCCCC2C(=O)O[C@H]([C@H](C)CC2CC[C@@H](O)[C@H](OC)C2)CC(=O)[C@H](C)/C=C(\C)[C@@H](OC2O[C@H](O)[C@@H](OC3O[C@H](CO)[C@@H](O)[C@H](O)[C@H]3O)[C@H](O)[C@H]2O)[C@@H](OC)C(=O)[C@H](C)C[C@H](C)\C=C/C=C/C=C/1C. The number of rotatable bonds is 11. The molecule has 5 fully saturated rings. The Hall–Kier alpha value is -3.77. The van der Waals surface area contributed by atoms with E-state index in [9.17, 15) is 69.9 Å². The van der Waals surface area contributed by atoms with Crippen molar-refractivity contribution in [3.8, 4) is 0 Å². The molecule has 5 heterocycles. The highest BCUT2D eigenvalue weighted by Gasteiger charge is 2.55. The Morgan fingerprint density at radius 1 is 0.733 bits per heavy atom. The summed E-state index contributed by atoms with van der Waals surface area (Å²) in [5, 5.41) is 98.1. The molecule has 1 saturated carbocycles. The molecule has 24 heteroatoms. The minimum absolute atomic E-state index is 0.00297. The van der Waals surface area contributed by atoms with Gasteiger partial charge in [-0.05, 0) is 107 Å². The monoisotopic (exact) mass is 1220 g/mol. The van der Waals surface area contributed by atoms with Crippen LogP contribution < -0.4 is 0 Å². The third-order valence-electron chi connectivity index (χ3n) is 18.4. The molecule has 488 valence electrons. The maximum atomic E-state index is 14.8. The number of allylic oxidation sites excluding steroid dienone is 6. The van der Waals surface area contributed by atoms with Crippen molar-refractivity contribution in [1.82, 2.24) is 4.90 Å². The van der Waals surface area contributed by atoms with Crippen LogP contribution in [0.2, 0.25) is 0 Å². The quantitative estimate of drug-likeness (QED) is 0.0809. The predicted octanol–water partition coefficient (Wildman–Crippen LogP) is 1.79. The first-order valence-electron chi connectivity index (χ1n) is 30.5. The maximum absolute atomic E-state index is 14.8. The highest BCUT2D eigenvalue weighted by molar-refractivity contribution is 6.39. The third kappa shape index (κ3) is 17.4. The van der Waals surface area contributed by atoms with Crippen LogP contribution in [0.5, 0.6) is 0 Å². The number of cyclic esters (lactones) is 1. The highest BCUT2D eigenvalue weighted by atomic mass is 16.8. The fourth-order valence-electron chi connectivity index (χ4n) is 12.8. The first-order chi connectivity index (χ1) is 40.7. The number of fused-ring (bicyclic) bond motifs is 3. The lowest BCUT2D eigenvalue weighted by Crippen LogP contribution is -2.64. The fourth-order valence-corrected chi connectivity index (χ4v) is 12.8. The number of methoxy groups -OCH3 is 3. The number of Topliss-reactive ketones (excluding diaryl/α,β-unsaturated/α-hetero) is 3. The van der Waals surface area contributed by atoms with Crippen LogP contribution in [0.1, 0.15) is 126 Å². The van der Waals surface area contributed by atoms with Crippen LogP contribution in [0.15, 0.2) is 47.6 Å². The number of nitrogens with zero attached hydrogens (tertiary/aromatic N) is 1. The normalized spacial score (nSPS) is 44.3. The van der Waals surface area contributed by atoms with E-state index >= 15 is 0 Å². The van der Waals surface area contributed by atoms with Gasteiger partial charge in [-0.1, -0.05) is 71.1 Å². The fraction of sp³-hybridized carbons (Fsp3) is 0.790. The molecular formula is C62H97NO23. The van der Waals surface area contributed by atoms with Crippen LogP contribution in [0.4, 0.5) is 0 Å². The van der Waals surface area contributed by atoms with Crippen LogP contribution in [0.3, 0.4) is 0 Å². The van der Waals surface area contributed by atoms with Gasteiger partial charge in [-0.25, -0.2) is 4.79 Å². The molecule has 0 spiro atoms. The van der Waals surface area contributed by atoms with Gasteiger partial charge in [0.05, 0.1) is 31.0 Å². The summed E-state index contributed by atoms with van der Waals surface area (Å²) >= 11 is 0. The molecule has 2 bridgehead atoms. The summed E-state index contributed by atoms with van der Waals surface area (Å²) in [4.78, 5) is 74.2. The molecule has 0 aromatic rings. The van der Waals surface area contributed by atoms with E-state index in [1.54, 1.807) is 33.8 Å². The van der Waals surface area contributed by atoms with Gasteiger partial charge in [0.2, 0.25) is 5.79 Å². The van der Waals surface area contributed by atoms with Gasteiger partial charge in [0.25, 0.3) is 11.7 Å². The van der Waals surface area contributed by atoms with E-state index in [2.05, 4.69) is 0 Å². The summed E-state index contributed by atoms with van der Waals surface area (Å²) in [6, 6.07) is -1.26. The second-order valence-electron chi connectivity index (χ2n) is 24.9. The summed E-state index contributed by atoms with van der Waals surface area (Å²) in [6.45, 7) is 11.3. The summed E-state index contributed by atoms with van der Waals surface area (Å²) < 4.78 is 52.9. The molecule has 4 saturated heterocycles. The lowest BCUT2D eigenvalue weighted by atomic mass is 9.78. The second-order valence-corrected chi connectivity index (χ2v) is 24.9. The first kappa shape index (κ1) is 71.3. The highest BCUT2D eigenvalue weighted by Crippen LogP contribution is 2.39. The molecule has 4 unspecified atom stereocenters. The lowest BCUT2D eigenvalue weighted by molar-refractivity contribution is -0.387. The Labute approximate surface area is 504 Å². The number of piperidine rings is 1. The molecule has 0 aromatic carbocycles. The minimum Gasteiger partial charge on any atom is -0.460 e. The number of aliphatic hydroxyl groups is 9. The molecule has 86 heavy (non-hydrogen) atoms. The summed E-state index contributed by atoms with van der Waals surface area (Å²) in [5.74, 6) is -9.72. The number of amides is 1. The van der Waals surface area contributed by atoms with Crippen molar-refractivity contribution >= 4 is 29.2 Å². The molecule has 9 N–H and O–H groups in total. The van der Waals surface area contributed by atoms with Gasteiger partial charge in [-0.15, -0.1) is 0 Å². The molecular weight excluding hydrogens is 1130 g/mol. The molecule has 5 aliphatic heterocycles. The van der Waals surface area contributed by atoms with Gasteiger partial charge in [-0.2, -0.15) is 0 Å². The zero-order valence-electron chi connectivity index (χ0n) is 51.4. The number of carbonyl (C=O) groups is 5. The topological polar surface area (TPSA) is 354 Å². The van der Waals surface area contributed by atoms with E-state index in [-0.39, 0.29) is 43.2 Å². The van der Waals surface area contributed by atoms with Gasteiger partial charge in [0, 0.05) is 58.5 Å². The minimum atomic E-state index is -2.51. The largest absolute Gasteiger partial charge is 0.460 e. The molecule has 1 aliphatic carbocycles. The van der Waals surface area contributed by atoms with Crippen molar-refractivity contribution in [3.63, 3.8) is 0 Å². The molecule has 24 nitrogen and oxygen atoms in total. The van der Waals surface area contributed by atoms with E-state index in [0.717, 1.165) is 10.5 Å². The smallest absolute Gasteiger partial charge is 0.329 e. The van der Waals surface area contributed by atoms with E-state index in [1.807, 2.05) is 45.1 Å². The first-order valence-corrected chi connectivity index (χ1v) is 30.5. The van der Waals surface area contributed by atoms with Crippen molar-refractivity contribution in [2.24, 2.45) is 35.5 Å². The van der Waals surface area contributed by atoms with Gasteiger partial charge >= 0.3 is 5.97 Å². The van der Waals surface area contributed by atoms with Crippen molar-refractivity contribution in [1.29, 1.82) is 0 Å². The third-order valence-corrected chi connectivity index (χ3v) is 18.4. The second kappa shape index (κ2) is 32.3.